The van der Waals surface area contributed by atoms with Crippen LogP contribution in [0, 0.1) is 5.82 Å². The number of furan rings is 1. The zero-order chi connectivity index (χ0) is 10.1. The molecule has 0 N–H and O–H groups in total. The quantitative estimate of drug-likeness (QED) is 0.654. The average molecular weight is 194 g/mol. The smallest absolute Gasteiger partial charge is 0.341 e. The Balaban J connectivity index is 2.72. The Morgan fingerprint density at radius 2 is 2.21 bits per heavy atom. The average Bonchev–Trinajstić information content (AvgIpc) is 2.67. The number of esters is 1. The summed E-state index contributed by atoms with van der Waals surface area (Å²) in [4.78, 5) is 11.2. The maximum absolute atomic E-state index is 13.2. The molecule has 1 aromatic carbocycles. The summed E-state index contributed by atoms with van der Waals surface area (Å²) in [6, 6.07) is 4.02. The molecule has 0 bridgehead atoms. The Bertz CT molecular complexity index is 487. The molecular weight excluding hydrogens is 187 g/mol. The molecule has 2 aromatic rings. The molecular formula is C10H7FO3. The standard InChI is InChI=1S/C10H7FO3/c1-13-10(12)7-2-3-8(11)6-4-5-14-9(6)7/h2-5H,1H3. The Hall–Kier alpha value is -1.84. The van der Waals surface area contributed by atoms with Crippen LogP contribution < -0.4 is 0 Å². The van der Waals surface area contributed by atoms with Gasteiger partial charge in [-0.1, -0.05) is 0 Å². The van der Waals surface area contributed by atoms with Crippen molar-refractivity contribution in [1.82, 2.24) is 0 Å². The molecule has 0 aliphatic rings. The predicted molar refractivity (Wildman–Crippen MR) is 47.5 cm³/mol. The molecule has 0 spiro atoms. The van der Waals surface area contributed by atoms with E-state index in [9.17, 15) is 9.18 Å². The van der Waals surface area contributed by atoms with Gasteiger partial charge in [-0.3, -0.25) is 0 Å². The molecule has 0 aliphatic heterocycles. The van der Waals surface area contributed by atoms with Gasteiger partial charge in [-0.05, 0) is 18.2 Å². The van der Waals surface area contributed by atoms with Crippen LogP contribution in [0.15, 0.2) is 28.9 Å². The van der Waals surface area contributed by atoms with E-state index in [-0.39, 0.29) is 16.5 Å². The second kappa shape index (κ2) is 3.14. The molecule has 2 rings (SSSR count). The number of rotatable bonds is 1. The number of halogens is 1. The predicted octanol–water partition coefficient (Wildman–Crippen LogP) is 2.36. The maximum Gasteiger partial charge on any atom is 0.341 e. The highest BCUT2D eigenvalue weighted by Gasteiger charge is 2.15. The topological polar surface area (TPSA) is 39.4 Å². The van der Waals surface area contributed by atoms with E-state index < -0.39 is 11.8 Å². The molecule has 3 nitrogen and oxygen atoms in total. The SMILES string of the molecule is COC(=O)c1ccc(F)c2ccoc12. The number of carbonyl (C=O) groups excluding carboxylic acids is 1. The second-order valence-electron chi connectivity index (χ2n) is 2.75. The number of fused-ring (bicyclic) bond motifs is 1. The Morgan fingerprint density at radius 1 is 1.43 bits per heavy atom. The van der Waals surface area contributed by atoms with Crippen LogP contribution in [0.25, 0.3) is 11.0 Å². The summed E-state index contributed by atoms with van der Waals surface area (Å²) in [5, 5.41) is 0.285. The van der Waals surface area contributed by atoms with Crippen LogP contribution in [-0.4, -0.2) is 13.1 Å². The fraction of sp³-hybridized carbons (Fsp3) is 0.100. The number of carbonyl (C=O) groups is 1. The minimum Gasteiger partial charge on any atom is -0.465 e. The summed E-state index contributed by atoms with van der Waals surface area (Å²) in [5.74, 6) is -0.952. The van der Waals surface area contributed by atoms with Crippen molar-refractivity contribution in [1.29, 1.82) is 0 Å². The minimum absolute atomic E-state index is 0.219. The van der Waals surface area contributed by atoms with Crippen LogP contribution in [0.1, 0.15) is 10.4 Å². The van der Waals surface area contributed by atoms with E-state index in [4.69, 9.17) is 4.42 Å². The van der Waals surface area contributed by atoms with E-state index in [1.54, 1.807) is 0 Å². The van der Waals surface area contributed by atoms with Crippen LogP contribution in [-0.2, 0) is 4.74 Å². The van der Waals surface area contributed by atoms with Crippen molar-refractivity contribution in [3.05, 3.63) is 35.8 Å². The highest BCUT2D eigenvalue weighted by atomic mass is 19.1. The lowest BCUT2D eigenvalue weighted by molar-refractivity contribution is 0.0601. The molecule has 0 saturated carbocycles. The molecule has 0 aliphatic carbocycles. The van der Waals surface area contributed by atoms with E-state index in [1.165, 1.54) is 31.6 Å². The summed E-state index contributed by atoms with van der Waals surface area (Å²) < 4.78 is 22.7. The van der Waals surface area contributed by atoms with Gasteiger partial charge in [0, 0.05) is 0 Å². The summed E-state index contributed by atoms with van der Waals surface area (Å²) in [5.41, 5.74) is 0.450. The summed E-state index contributed by atoms with van der Waals surface area (Å²) >= 11 is 0. The molecule has 0 saturated heterocycles. The normalized spacial score (nSPS) is 10.4. The first kappa shape index (κ1) is 8.74. The highest BCUT2D eigenvalue weighted by Crippen LogP contribution is 2.23. The van der Waals surface area contributed by atoms with Crippen molar-refractivity contribution in [2.45, 2.75) is 0 Å². The van der Waals surface area contributed by atoms with Gasteiger partial charge in [0.1, 0.15) is 11.4 Å². The fourth-order valence-corrected chi connectivity index (χ4v) is 1.30. The van der Waals surface area contributed by atoms with Gasteiger partial charge in [0.25, 0.3) is 0 Å². The lowest BCUT2D eigenvalue weighted by Gasteiger charge is -1.99. The monoisotopic (exact) mass is 194 g/mol. The number of hydrogen-bond donors (Lipinski definition) is 0. The molecule has 0 atom stereocenters. The number of hydrogen-bond acceptors (Lipinski definition) is 3. The molecule has 14 heavy (non-hydrogen) atoms. The Kier molecular flexibility index (Phi) is 1.96. The number of methoxy groups -OCH3 is 1. The van der Waals surface area contributed by atoms with E-state index in [0.717, 1.165) is 0 Å². The Labute approximate surface area is 79.1 Å². The third-order valence-electron chi connectivity index (χ3n) is 1.97. The maximum atomic E-state index is 13.2. The van der Waals surface area contributed by atoms with Crippen LogP contribution in [0.5, 0.6) is 0 Å². The molecule has 0 radical (unpaired) electrons. The van der Waals surface area contributed by atoms with Crippen molar-refractivity contribution in [3.8, 4) is 0 Å². The zero-order valence-corrected chi connectivity index (χ0v) is 7.41. The molecule has 0 amide bonds. The van der Waals surface area contributed by atoms with Gasteiger partial charge in [-0.2, -0.15) is 0 Å². The Morgan fingerprint density at radius 3 is 2.93 bits per heavy atom. The van der Waals surface area contributed by atoms with Crippen molar-refractivity contribution in [3.63, 3.8) is 0 Å². The van der Waals surface area contributed by atoms with Gasteiger partial charge in [0.2, 0.25) is 0 Å². The molecule has 1 heterocycles. The van der Waals surface area contributed by atoms with Crippen molar-refractivity contribution < 1.29 is 18.3 Å². The van der Waals surface area contributed by atoms with Gasteiger partial charge in [0.05, 0.1) is 18.8 Å². The van der Waals surface area contributed by atoms with Gasteiger partial charge >= 0.3 is 5.97 Å². The number of ether oxygens (including phenoxy) is 1. The van der Waals surface area contributed by atoms with E-state index in [0.29, 0.717) is 0 Å². The first-order chi connectivity index (χ1) is 6.74. The molecule has 4 heteroatoms. The fourth-order valence-electron chi connectivity index (χ4n) is 1.30. The highest BCUT2D eigenvalue weighted by molar-refractivity contribution is 6.02. The zero-order valence-electron chi connectivity index (χ0n) is 7.41. The first-order valence-electron chi connectivity index (χ1n) is 3.98. The molecule has 1 aromatic heterocycles. The van der Waals surface area contributed by atoms with Crippen LogP contribution in [0.4, 0.5) is 4.39 Å². The largest absolute Gasteiger partial charge is 0.465 e. The summed E-state index contributed by atoms with van der Waals surface area (Å²) in [6.07, 6.45) is 1.33. The number of benzene rings is 1. The van der Waals surface area contributed by atoms with Crippen LogP contribution >= 0.6 is 0 Å². The van der Waals surface area contributed by atoms with Crippen molar-refractivity contribution >= 4 is 16.9 Å². The summed E-state index contributed by atoms with van der Waals surface area (Å²) in [7, 11) is 1.26. The van der Waals surface area contributed by atoms with Crippen LogP contribution in [0.3, 0.4) is 0 Å². The second-order valence-corrected chi connectivity index (χ2v) is 2.75. The van der Waals surface area contributed by atoms with Gasteiger partial charge in [0.15, 0.2) is 5.58 Å². The van der Waals surface area contributed by atoms with Gasteiger partial charge in [-0.25, -0.2) is 9.18 Å². The van der Waals surface area contributed by atoms with Crippen molar-refractivity contribution in [2.24, 2.45) is 0 Å². The molecule has 72 valence electrons. The lowest BCUT2D eigenvalue weighted by Crippen LogP contribution is -2.01. The molecule has 0 unspecified atom stereocenters. The minimum atomic E-state index is -0.537. The van der Waals surface area contributed by atoms with Gasteiger partial charge < -0.3 is 9.15 Å². The van der Waals surface area contributed by atoms with Crippen molar-refractivity contribution in [2.75, 3.05) is 7.11 Å². The van der Waals surface area contributed by atoms with E-state index in [1.807, 2.05) is 0 Å². The lowest BCUT2D eigenvalue weighted by atomic mass is 10.1. The van der Waals surface area contributed by atoms with E-state index in [2.05, 4.69) is 4.74 Å². The third-order valence-corrected chi connectivity index (χ3v) is 1.97. The third kappa shape index (κ3) is 1.16. The summed E-state index contributed by atoms with van der Waals surface area (Å²) in [6.45, 7) is 0. The van der Waals surface area contributed by atoms with Crippen LogP contribution in [0.2, 0.25) is 0 Å². The first-order valence-corrected chi connectivity index (χ1v) is 3.98. The van der Waals surface area contributed by atoms with Gasteiger partial charge in [-0.15, -0.1) is 0 Å². The van der Waals surface area contributed by atoms with E-state index >= 15 is 0 Å². The molecule has 0 fully saturated rings.